The lowest BCUT2D eigenvalue weighted by molar-refractivity contribution is 0.0600. The van der Waals surface area contributed by atoms with Crippen LogP contribution in [0.25, 0.3) is 0 Å². The first-order chi connectivity index (χ1) is 12.6. The third-order valence-electron chi connectivity index (χ3n) is 3.93. The van der Waals surface area contributed by atoms with Gasteiger partial charge in [-0.3, -0.25) is 4.79 Å². The summed E-state index contributed by atoms with van der Waals surface area (Å²) in [5.74, 6) is 0.0580. The Hall–Kier alpha value is -2.82. The Labute approximate surface area is 154 Å². The van der Waals surface area contributed by atoms with Crippen LogP contribution in [0.5, 0.6) is 5.75 Å². The standard InChI is InChI=1S/C21H25NO4/c1-3-4-5-6-14-26-19-9-7-8-18(15-19)22-20(23)16-10-12-17(13-11-16)21(24)25-2/h7-13,15H,3-6,14H2,1-2H3,(H,22,23). The van der Waals surface area contributed by atoms with Gasteiger partial charge in [-0.25, -0.2) is 4.79 Å². The molecule has 5 nitrogen and oxygen atoms in total. The lowest BCUT2D eigenvalue weighted by Crippen LogP contribution is -2.12. The first-order valence-electron chi connectivity index (χ1n) is 8.86. The quantitative estimate of drug-likeness (QED) is 0.524. The Morgan fingerprint density at radius 1 is 0.962 bits per heavy atom. The van der Waals surface area contributed by atoms with E-state index in [1.165, 1.54) is 20.0 Å². The van der Waals surface area contributed by atoms with E-state index >= 15 is 0 Å². The molecule has 5 heteroatoms. The van der Waals surface area contributed by atoms with E-state index in [9.17, 15) is 9.59 Å². The highest BCUT2D eigenvalue weighted by Crippen LogP contribution is 2.19. The number of hydrogen-bond donors (Lipinski definition) is 1. The van der Waals surface area contributed by atoms with Gasteiger partial charge in [0.15, 0.2) is 0 Å². The number of unbranched alkanes of at least 4 members (excludes halogenated alkanes) is 3. The number of amides is 1. The molecule has 0 aliphatic rings. The highest BCUT2D eigenvalue weighted by molar-refractivity contribution is 6.04. The lowest BCUT2D eigenvalue weighted by atomic mass is 10.1. The molecule has 0 aliphatic heterocycles. The number of rotatable bonds is 9. The van der Waals surface area contributed by atoms with Gasteiger partial charge in [-0.1, -0.05) is 32.3 Å². The summed E-state index contributed by atoms with van der Waals surface area (Å²) in [5, 5.41) is 2.84. The van der Waals surface area contributed by atoms with E-state index in [0.29, 0.717) is 23.4 Å². The molecule has 2 aromatic carbocycles. The maximum Gasteiger partial charge on any atom is 0.337 e. The molecule has 0 radical (unpaired) electrons. The van der Waals surface area contributed by atoms with Crippen molar-refractivity contribution in [3.8, 4) is 5.75 Å². The Bertz CT molecular complexity index is 725. The fourth-order valence-corrected chi connectivity index (χ4v) is 2.46. The van der Waals surface area contributed by atoms with Gasteiger partial charge in [0, 0.05) is 17.3 Å². The fourth-order valence-electron chi connectivity index (χ4n) is 2.46. The van der Waals surface area contributed by atoms with Crippen molar-refractivity contribution < 1.29 is 19.1 Å². The van der Waals surface area contributed by atoms with E-state index < -0.39 is 5.97 Å². The summed E-state index contributed by atoms with van der Waals surface area (Å²) >= 11 is 0. The highest BCUT2D eigenvalue weighted by atomic mass is 16.5. The molecule has 2 aromatic rings. The average molecular weight is 355 g/mol. The molecule has 0 saturated heterocycles. The van der Waals surface area contributed by atoms with Crippen LogP contribution in [0.3, 0.4) is 0 Å². The number of hydrogen-bond acceptors (Lipinski definition) is 4. The maximum absolute atomic E-state index is 12.3. The molecule has 0 spiro atoms. The number of nitrogens with one attached hydrogen (secondary N) is 1. The van der Waals surface area contributed by atoms with Crippen molar-refractivity contribution in [1.82, 2.24) is 0 Å². The second-order valence-corrected chi connectivity index (χ2v) is 5.96. The van der Waals surface area contributed by atoms with Gasteiger partial charge in [-0.2, -0.15) is 0 Å². The predicted octanol–water partition coefficient (Wildman–Crippen LogP) is 4.68. The van der Waals surface area contributed by atoms with Crippen LogP contribution in [0.15, 0.2) is 48.5 Å². The number of esters is 1. The normalized spacial score (nSPS) is 10.2. The van der Waals surface area contributed by atoms with E-state index in [2.05, 4.69) is 17.0 Å². The zero-order chi connectivity index (χ0) is 18.8. The van der Waals surface area contributed by atoms with E-state index in [0.717, 1.165) is 18.6 Å². The molecule has 0 unspecified atom stereocenters. The van der Waals surface area contributed by atoms with Crippen molar-refractivity contribution in [2.45, 2.75) is 32.6 Å². The smallest absolute Gasteiger partial charge is 0.337 e. The number of benzene rings is 2. The van der Waals surface area contributed by atoms with Gasteiger partial charge in [0.05, 0.1) is 19.3 Å². The lowest BCUT2D eigenvalue weighted by Gasteiger charge is -2.09. The maximum atomic E-state index is 12.3. The minimum atomic E-state index is -0.430. The molecule has 0 fully saturated rings. The van der Waals surface area contributed by atoms with Crippen LogP contribution >= 0.6 is 0 Å². The number of methoxy groups -OCH3 is 1. The van der Waals surface area contributed by atoms with Gasteiger partial charge in [-0.05, 0) is 42.8 Å². The zero-order valence-electron chi connectivity index (χ0n) is 15.3. The third-order valence-corrected chi connectivity index (χ3v) is 3.93. The van der Waals surface area contributed by atoms with Crippen LogP contribution in [-0.4, -0.2) is 25.6 Å². The summed E-state index contributed by atoms with van der Waals surface area (Å²) in [6.07, 6.45) is 4.60. The van der Waals surface area contributed by atoms with Gasteiger partial charge in [0.1, 0.15) is 5.75 Å². The molecule has 26 heavy (non-hydrogen) atoms. The molecular weight excluding hydrogens is 330 g/mol. The topological polar surface area (TPSA) is 64.6 Å². The minimum absolute atomic E-state index is 0.249. The molecule has 0 atom stereocenters. The Morgan fingerprint density at radius 3 is 2.38 bits per heavy atom. The number of anilines is 1. The second-order valence-electron chi connectivity index (χ2n) is 5.96. The summed E-state index contributed by atoms with van der Waals surface area (Å²) in [5.41, 5.74) is 1.53. The number of ether oxygens (including phenoxy) is 2. The van der Waals surface area contributed by atoms with E-state index in [1.807, 2.05) is 18.2 Å². The van der Waals surface area contributed by atoms with Gasteiger partial charge >= 0.3 is 5.97 Å². The molecule has 0 bridgehead atoms. The largest absolute Gasteiger partial charge is 0.494 e. The molecule has 0 aromatic heterocycles. The van der Waals surface area contributed by atoms with Gasteiger partial charge in [0.2, 0.25) is 0 Å². The summed E-state index contributed by atoms with van der Waals surface area (Å²) in [6.45, 7) is 2.85. The molecule has 0 aliphatic carbocycles. The molecule has 0 heterocycles. The third kappa shape index (κ3) is 5.92. The number of carbonyl (C=O) groups is 2. The van der Waals surface area contributed by atoms with Crippen molar-refractivity contribution in [2.24, 2.45) is 0 Å². The Morgan fingerprint density at radius 2 is 1.69 bits per heavy atom. The van der Waals surface area contributed by atoms with Crippen molar-refractivity contribution in [3.05, 3.63) is 59.7 Å². The minimum Gasteiger partial charge on any atom is -0.494 e. The first kappa shape index (κ1) is 19.5. The van der Waals surface area contributed by atoms with Crippen LogP contribution in [0.1, 0.15) is 53.3 Å². The monoisotopic (exact) mass is 355 g/mol. The highest BCUT2D eigenvalue weighted by Gasteiger charge is 2.09. The van der Waals surface area contributed by atoms with Gasteiger partial charge in [-0.15, -0.1) is 0 Å². The van der Waals surface area contributed by atoms with Crippen LogP contribution in [0.4, 0.5) is 5.69 Å². The molecule has 1 amide bonds. The predicted molar refractivity (Wildman–Crippen MR) is 102 cm³/mol. The van der Waals surface area contributed by atoms with Crippen molar-refractivity contribution >= 4 is 17.6 Å². The Kier molecular flexibility index (Phi) is 7.68. The van der Waals surface area contributed by atoms with Crippen molar-refractivity contribution in [3.63, 3.8) is 0 Å². The number of carbonyl (C=O) groups excluding carboxylic acids is 2. The van der Waals surface area contributed by atoms with E-state index in [4.69, 9.17) is 4.74 Å². The van der Waals surface area contributed by atoms with Crippen LogP contribution in [0.2, 0.25) is 0 Å². The van der Waals surface area contributed by atoms with Crippen LogP contribution < -0.4 is 10.1 Å². The average Bonchev–Trinajstić information content (AvgIpc) is 2.67. The van der Waals surface area contributed by atoms with Gasteiger partial charge < -0.3 is 14.8 Å². The molecule has 2 rings (SSSR count). The van der Waals surface area contributed by atoms with Crippen molar-refractivity contribution in [2.75, 3.05) is 19.0 Å². The second kappa shape index (κ2) is 10.2. The van der Waals surface area contributed by atoms with Gasteiger partial charge in [0.25, 0.3) is 5.91 Å². The molecule has 138 valence electrons. The van der Waals surface area contributed by atoms with E-state index in [1.54, 1.807) is 30.3 Å². The van der Waals surface area contributed by atoms with Crippen LogP contribution in [0, 0.1) is 0 Å². The SMILES string of the molecule is CCCCCCOc1cccc(NC(=O)c2ccc(C(=O)OC)cc2)c1. The zero-order valence-corrected chi connectivity index (χ0v) is 15.3. The fraction of sp³-hybridized carbons (Fsp3) is 0.333. The summed E-state index contributed by atoms with van der Waals surface area (Å²) in [4.78, 5) is 23.8. The summed E-state index contributed by atoms with van der Waals surface area (Å²) in [6, 6.07) is 13.7. The van der Waals surface area contributed by atoms with Crippen LogP contribution in [-0.2, 0) is 4.74 Å². The summed E-state index contributed by atoms with van der Waals surface area (Å²) < 4.78 is 10.4. The molecule has 1 N–H and O–H groups in total. The first-order valence-corrected chi connectivity index (χ1v) is 8.86. The molecular formula is C21H25NO4. The Balaban J connectivity index is 1.92. The molecule has 0 saturated carbocycles. The van der Waals surface area contributed by atoms with Crippen molar-refractivity contribution in [1.29, 1.82) is 0 Å². The summed E-state index contributed by atoms with van der Waals surface area (Å²) in [7, 11) is 1.32. The van der Waals surface area contributed by atoms with E-state index in [-0.39, 0.29) is 5.91 Å².